The smallest absolute Gasteiger partial charge is 0.169 e. The van der Waals surface area contributed by atoms with Gasteiger partial charge in [0, 0.05) is 5.02 Å². The normalized spacial score (nSPS) is 12.8. The van der Waals surface area contributed by atoms with Gasteiger partial charge in [-0.2, -0.15) is 0 Å². The van der Waals surface area contributed by atoms with Crippen molar-refractivity contribution in [1.29, 1.82) is 0 Å². The Morgan fingerprint density at radius 3 is 2.62 bits per heavy atom. The summed E-state index contributed by atoms with van der Waals surface area (Å²) in [6, 6.07) is 9.15. The molecule has 2 rings (SSSR count). The Bertz CT molecular complexity index is 489. The van der Waals surface area contributed by atoms with Crippen LogP contribution in [0, 0.1) is 6.92 Å². The summed E-state index contributed by atoms with van der Waals surface area (Å²) < 4.78 is 6.11. The third kappa shape index (κ3) is 2.48. The van der Waals surface area contributed by atoms with Crippen molar-refractivity contribution in [3.05, 3.63) is 56.9 Å². The van der Waals surface area contributed by atoms with Crippen LogP contribution < -0.4 is 5.73 Å². The van der Waals surface area contributed by atoms with Crippen molar-refractivity contribution in [2.45, 2.75) is 13.0 Å². The monoisotopic (exact) mass is 299 g/mol. The number of halogens is 2. The van der Waals surface area contributed by atoms with E-state index in [1.54, 1.807) is 0 Å². The van der Waals surface area contributed by atoms with E-state index >= 15 is 0 Å². The molecule has 1 aromatic carbocycles. The van der Waals surface area contributed by atoms with E-state index in [0.717, 1.165) is 11.1 Å². The summed E-state index contributed by atoms with van der Waals surface area (Å²) in [5.41, 5.74) is 8.13. The predicted octanol–water partition coefficient (Wildman–Crippen LogP) is 4.05. The third-order valence-corrected chi connectivity index (χ3v) is 2.97. The first-order valence-electron chi connectivity index (χ1n) is 4.84. The largest absolute Gasteiger partial charge is 0.452 e. The molecule has 0 saturated heterocycles. The fourth-order valence-electron chi connectivity index (χ4n) is 1.60. The first-order chi connectivity index (χ1) is 7.56. The minimum absolute atomic E-state index is 0.288. The van der Waals surface area contributed by atoms with Gasteiger partial charge in [-0.3, -0.25) is 0 Å². The third-order valence-electron chi connectivity index (χ3n) is 2.32. The van der Waals surface area contributed by atoms with Crippen LogP contribution in [0.3, 0.4) is 0 Å². The van der Waals surface area contributed by atoms with Crippen LogP contribution in [0.15, 0.2) is 39.4 Å². The highest BCUT2D eigenvalue weighted by Gasteiger charge is 2.13. The number of benzene rings is 1. The van der Waals surface area contributed by atoms with Gasteiger partial charge in [0.25, 0.3) is 0 Å². The molecule has 1 unspecified atom stereocenters. The summed E-state index contributed by atoms with van der Waals surface area (Å²) in [6.07, 6.45) is 0. The fourth-order valence-corrected chi connectivity index (χ4v) is 2.22. The van der Waals surface area contributed by atoms with E-state index in [-0.39, 0.29) is 6.04 Å². The molecule has 0 aliphatic heterocycles. The van der Waals surface area contributed by atoms with E-state index in [1.807, 2.05) is 37.3 Å². The first-order valence-corrected chi connectivity index (χ1v) is 6.01. The molecule has 2 aromatic rings. The molecule has 0 amide bonds. The van der Waals surface area contributed by atoms with Crippen molar-refractivity contribution < 1.29 is 4.42 Å². The Morgan fingerprint density at radius 2 is 2.06 bits per heavy atom. The molecule has 2 nitrogen and oxygen atoms in total. The lowest BCUT2D eigenvalue weighted by Gasteiger charge is -2.10. The molecule has 0 fully saturated rings. The molecular weight excluding hydrogens is 289 g/mol. The zero-order chi connectivity index (χ0) is 11.7. The molecule has 0 bridgehead atoms. The Hall–Kier alpha value is -0.770. The van der Waals surface area contributed by atoms with Gasteiger partial charge in [0.15, 0.2) is 4.67 Å². The topological polar surface area (TPSA) is 39.2 Å². The van der Waals surface area contributed by atoms with Gasteiger partial charge in [-0.25, -0.2) is 0 Å². The number of rotatable bonds is 2. The van der Waals surface area contributed by atoms with Crippen molar-refractivity contribution >= 4 is 27.5 Å². The van der Waals surface area contributed by atoms with Crippen LogP contribution in [-0.4, -0.2) is 0 Å². The molecular formula is C12H11BrClNO. The average molecular weight is 301 g/mol. The SMILES string of the molecule is Cc1cc(Cl)cc(C(N)c2ccc(Br)o2)c1. The highest BCUT2D eigenvalue weighted by Crippen LogP contribution is 2.26. The second-order valence-electron chi connectivity index (χ2n) is 3.68. The number of aryl methyl sites for hydroxylation is 1. The van der Waals surface area contributed by atoms with Crippen LogP contribution in [0.5, 0.6) is 0 Å². The molecule has 2 N–H and O–H groups in total. The van der Waals surface area contributed by atoms with Crippen LogP contribution in [0.4, 0.5) is 0 Å². The van der Waals surface area contributed by atoms with Gasteiger partial charge in [0.1, 0.15) is 5.76 Å². The summed E-state index contributed by atoms with van der Waals surface area (Å²) in [5, 5.41) is 0.691. The lowest BCUT2D eigenvalue weighted by Crippen LogP contribution is -2.11. The van der Waals surface area contributed by atoms with E-state index < -0.39 is 0 Å². The summed E-state index contributed by atoms with van der Waals surface area (Å²) >= 11 is 9.25. The summed E-state index contributed by atoms with van der Waals surface area (Å²) in [4.78, 5) is 0. The van der Waals surface area contributed by atoms with Crippen molar-refractivity contribution in [2.24, 2.45) is 5.73 Å². The van der Waals surface area contributed by atoms with Crippen LogP contribution in [0.25, 0.3) is 0 Å². The van der Waals surface area contributed by atoms with Crippen LogP contribution >= 0.6 is 27.5 Å². The number of hydrogen-bond acceptors (Lipinski definition) is 2. The van der Waals surface area contributed by atoms with E-state index in [4.69, 9.17) is 21.8 Å². The highest BCUT2D eigenvalue weighted by atomic mass is 79.9. The van der Waals surface area contributed by atoms with Crippen molar-refractivity contribution in [3.63, 3.8) is 0 Å². The fraction of sp³-hybridized carbons (Fsp3) is 0.167. The van der Waals surface area contributed by atoms with Gasteiger partial charge in [0.2, 0.25) is 0 Å². The van der Waals surface area contributed by atoms with Crippen molar-refractivity contribution in [1.82, 2.24) is 0 Å². The van der Waals surface area contributed by atoms with E-state index in [1.165, 1.54) is 0 Å². The van der Waals surface area contributed by atoms with Crippen LogP contribution in [0.2, 0.25) is 5.02 Å². The van der Waals surface area contributed by atoms with Gasteiger partial charge < -0.3 is 10.2 Å². The lowest BCUT2D eigenvalue weighted by molar-refractivity contribution is 0.470. The maximum Gasteiger partial charge on any atom is 0.169 e. The number of nitrogens with two attached hydrogens (primary N) is 1. The predicted molar refractivity (Wildman–Crippen MR) is 68.6 cm³/mol. The minimum atomic E-state index is -0.288. The molecule has 1 heterocycles. The van der Waals surface area contributed by atoms with Crippen LogP contribution in [0.1, 0.15) is 22.9 Å². The van der Waals surface area contributed by atoms with Crippen molar-refractivity contribution in [3.8, 4) is 0 Å². The number of hydrogen-bond donors (Lipinski definition) is 1. The first kappa shape index (κ1) is 11.7. The van der Waals surface area contributed by atoms with E-state index in [2.05, 4.69) is 15.9 Å². The molecule has 1 aromatic heterocycles. The Balaban J connectivity index is 2.37. The second-order valence-corrected chi connectivity index (χ2v) is 4.90. The Labute approximate surface area is 108 Å². The summed E-state index contributed by atoms with van der Waals surface area (Å²) in [7, 11) is 0. The molecule has 4 heteroatoms. The lowest BCUT2D eigenvalue weighted by atomic mass is 10.0. The van der Waals surface area contributed by atoms with Gasteiger partial charge >= 0.3 is 0 Å². The van der Waals surface area contributed by atoms with Gasteiger partial charge in [-0.15, -0.1) is 0 Å². The Morgan fingerprint density at radius 1 is 1.31 bits per heavy atom. The van der Waals surface area contributed by atoms with Gasteiger partial charge in [-0.05, 0) is 58.2 Å². The maximum atomic E-state index is 6.09. The van der Waals surface area contributed by atoms with E-state index in [9.17, 15) is 0 Å². The maximum absolute atomic E-state index is 6.09. The van der Waals surface area contributed by atoms with Gasteiger partial charge in [0.05, 0.1) is 6.04 Å². The molecule has 0 aliphatic rings. The van der Waals surface area contributed by atoms with E-state index in [0.29, 0.717) is 15.5 Å². The van der Waals surface area contributed by atoms with Crippen LogP contribution in [-0.2, 0) is 0 Å². The quantitative estimate of drug-likeness (QED) is 0.908. The molecule has 0 saturated carbocycles. The molecule has 1 atom stereocenters. The summed E-state index contributed by atoms with van der Waals surface area (Å²) in [5.74, 6) is 0.716. The van der Waals surface area contributed by atoms with Gasteiger partial charge in [-0.1, -0.05) is 17.7 Å². The van der Waals surface area contributed by atoms with Crippen molar-refractivity contribution in [2.75, 3.05) is 0 Å². The Kier molecular flexibility index (Phi) is 3.38. The summed E-state index contributed by atoms with van der Waals surface area (Å²) in [6.45, 7) is 1.99. The molecule has 16 heavy (non-hydrogen) atoms. The molecule has 84 valence electrons. The molecule has 0 radical (unpaired) electrons. The zero-order valence-corrected chi connectivity index (χ0v) is 11.0. The zero-order valence-electron chi connectivity index (χ0n) is 8.71. The molecule has 0 aliphatic carbocycles. The molecule has 0 spiro atoms. The minimum Gasteiger partial charge on any atom is -0.452 e. The second kappa shape index (κ2) is 4.62. The number of furan rings is 1. The standard InChI is InChI=1S/C12H11BrClNO/c1-7-4-8(6-9(14)5-7)12(15)10-2-3-11(13)16-10/h2-6,12H,15H2,1H3. The average Bonchev–Trinajstić information content (AvgIpc) is 2.62. The highest BCUT2D eigenvalue weighted by molar-refractivity contribution is 9.10.